The molecular weight excluding hydrogens is 300 g/mol. The van der Waals surface area contributed by atoms with Crippen LogP contribution in [-0.2, 0) is 16.1 Å². The van der Waals surface area contributed by atoms with Gasteiger partial charge in [-0.15, -0.1) is 0 Å². The minimum absolute atomic E-state index is 0.0294. The molecule has 1 aliphatic heterocycles. The normalized spacial score (nSPS) is 17.0. The van der Waals surface area contributed by atoms with Crippen molar-refractivity contribution in [2.75, 3.05) is 6.54 Å². The lowest BCUT2D eigenvalue weighted by molar-refractivity contribution is -0.134. The number of hydrogen-bond acceptors (Lipinski definition) is 2. The van der Waals surface area contributed by atoms with Gasteiger partial charge in [-0.3, -0.25) is 9.59 Å². The third-order valence-corrected chi connectivity index (χ3v) is 3.86. The first kappa shape index (κ1) is 16.6. The number of allylic oxidation sites excluding steroid dienone is 1. The molecule has 1 aromatic rings. The van der Waals surface area contributed by atoms with Gasteiger partial charge in [-0.2, -0.15) is 0 Å². The summed E-state index contributed by atoms with van der Waals surface area (Å²) in [5.41, 5.74) is 2.17. The zero-order chi connectivity index (χ0) is 16.1. The molecule has 0 saturated carbocycles. The molecule has 2 rings (SSSR count). The number of hydrogen-bond donors (Lipinski definition) is 1. The SMILES string of the molecule is CC(C)=CCN(Cc1ccc(Cl)cc1)C(=O)[C@@H]1CCC(=O)N1. The molecule has 1 heterocycles. The highest BCUT2D eigenvalue weighted by atomic mass is 35.5. The monoisotopic (exact) mass is 320 g/mol. The van der Waals surface area contributed by atoms with Crippen molar-refractivity contribution in [3.05, 3.63) is 46.5 Å². The van der Waals surface area contributed by atoms with Crippen molar-refractivity contribution in [2.45, 2.75) is 39.3 Å². The molecule has 1 atom stereocenters. The van der Waals surface area contributed by atoms with Crippen molar-refractivity contribution in [2.24, 2.45) is 0 Å². The Balaban J connectivity index is 2.11. The number of nitrogens with zero attached hydrogens (tertiary/aromatic N) is 1. The fraction of sp³-hybridized carbons (Fsp3) is 0.412. The minimum atomic E-state index is -0.398. The molecule has 1 saturated heterocycles. The van der Waals surface area contributed by atoms with E-state index < -0.39 is 6.04 Å². The Morgan fingerprint density at radius 1 is 1.36 bits per heavy atom. The van der Waals surface area contributed by atoms with Gasteiger partial charge in [0, 0.05) is 24.5 Å². The summed E-state index contributed by atoms with van der Waals surface area (Å²) < 4.78 is 0. The van der Waals surface area contributed by atoms with Gasteiger partial charge in [0.2, 0.25) is 11.8 Å². The molecule has 0 radical (unpaired) electrons. The smallest absolute Gasteiger partial charge is 0.245 e. The van der Waals surface area contributed by atoms with Crippen LogP contribution in [0.25, 0.3) is 0 Å². The largest absolute Gasteiger partial charge is 0.344 e. The van der Waals surface area contributed by atoms with Gasteiger partial charge in [-0.25, -0.2) is 0 Å². The van der Waals surface area contributed by atoms with Crippen molar-refractivity contribution in [3.8, 4) is 0 Å². The minimum Gasteiger partial charge on any atom is -0.344 e. The molecule has 118 valence electrons. The third-order valence-electron chi connectivity index (χ3n) is 3.61. The lowest BCUT2D eigenvalue weighted by atomic mass is 10.1. The van der Waals surface area contributed by atoms with E-state index in [-0.39, 0.29) is 11.8 Å². The van der Waals surface area contributed by atoms with E-state index in [2.05, 4.69) is 5.32 Å². The van der Waals surface area contributed by atoms with Gasteiger partial charge in [0.05, 0.1) is 0 Å². The van der Waals surface area contributed by atoms with Gasteiger partial charge < -0.3 is 10.2 Å². The number of halogens is 1. The second-order valence-electron chi connectivity index (χ2n) is 5.79. The van der Waals surface area contributed by atoms with Gasteiger partial charge >= 0.3 is 0 Å². The van der Waals surface area contributed by atoms with Crippen LogP contribution in [0.5, 0.6) is 0 Å². The molecule has 0 unspecified atom stereocenters. The summed E-state index contributed by atoms with van der Waals surface area (Å²) in [5, 5.41) is 3.42. The standard InChI is InChI=1S/C17H21ClN2O2/c1-12(2)9-10-20(11-13-3-5-14(18)6-4-13)17(22)15-7-8-16(21)19-15/h3-6,9,15H,7-8,10-11H2,1-2H3,(H,19,21)/t15-/m0/s1. The van der Waals surface area contributed by atoms with E-state index in [1.165, 1.54) is 0 Å². The van der Waals surface area contributed by atoms with Crippen molar-refractivity contribution in [1.29, 1.82) is 0 Å². The Kier molecular flexibility index (Phi) is 5.61. The summed E-state index contributed by atoms with van der Waals surface area (Å²) in [6.45, 7) is 5.05. The Bertz CT molecular complexity index is 577. The van der Waals surface area contributed by atoms with E-state index in [1.54, 1.807) is 4.90 Å². The summed E-state index contributed by atoms with van der Waals surface area (Å²) in [6, 6.07) is 7.07. The lowest BCUT2D eigenvalue weighted by Crippen LogP contribution is -2.44. The number of nitrogens with one attached hydrogen (secondary N) is 1. The molecule has 0 spiro atoms. The van der Waals surface area contributed by atoms with Gasteiger partial charge in [0.25, 0.3) is 0 Å². The zero-order valence-corrected chi connectivity index (χ0v) is 13.7. The van der Waals surface area contributed by atoms with E-state index in [1.807, 2.05) is 44.2 Å². The number of rotatable bonds is 5. The molecule has 2 amide bonds. The first-order valence-corrected chi connectivity index (χ1v) is 7.79. The summed E-state index contributed by atoms with van der Waals surface area (Å²) in [7, 11) is 0. The van der Waals surface area contributed by atoms with Crippen molar-refractivity contribution >= 4 is 23.4 Å². The molecule has 5 heteroatoms. The van der Waals surface area contributed by atoms with E-state index >= 15 is 0 Å². The van der Waals surface area contributed by atoms with Gasteiger partial charge in [-0.1, -0.05) is 35.4 Å². The van der Waals surface area contributed by atoms with Crippen molar-refractivity contribution in [1.82, 2.24) is 10.2 Å². The van der Waals surface area contributed by atoms with Gasteiger partial charge in [-0.05, 0) is 38.0 Å². The van der Waals surface area contributed by atoms with E-state index in [0.29, 0.717) is 31.0 Å². The predicted molar refractivity (Wildman–Crippen MR) is 87.5 cm³/mol. The van der Waals surface area contributed by atoms with Crippen molar-refractivity contribution in [3.63, 3.8) is 0 Å². The van der Waals surface area contributed by atoms with E-state index in [4.69, 9.17) is 11.6 Å². The second kappa shape index (κ2) is 7.45. The average Bonchev–Trinajstić information content (AvgIpc) is 2.91. The van der Waals surface area contributed by atoms with Gasteiger partial charge in [0.15, 0.2) is 0 Å². The van der Waals surface area contributed by atoms with E-state index in [0.717, 1.165) is 11.1 Å². The van der Waals surface area contributed by atoms with Crippen LogP contribution in [0.1, 0.15) is 32.3 Å². The topological polar surface area (TPSA) is 49.4 Å². The van der Waals surface area contributed by atoms with Crippen LogP contribution in [0.2, 0.25) is 5.02 Å². The van der Waals surface area contributed by atoms with Crippen LogP contribution >= 0.6 is 11.6 Å². The summed E-state index contributed by atoms with van der Waals surface area (Å²) >= 11 is 5.90. The zero-order valence-electron chi connectivity index (χ0n) is 12.9. The molecule has 4 nitrogen and oxygen atoms in total. The summed E-state index contributed by atoms with van der Waals surface area (Å²) in [6.07, 6.45) is 3.02. The maximum absolute atomic E-state index is 12.6. The number of carbonyl (C=O) groups excluding carboxylic acids is 2. The van der Waals surface area contributed by atoms with Crippen molar-refractivity contribution < 1.29 is 9.59 Å². The number of benzene rings is 1. The molecule has 1 fully saturated rings. The second-order valence-corrected chi connectivity index (χ2v) is 6.22. The molecule has 0 aliphatic carbocycles. The molecule has 1 aliphatic rings. The summed E-state index contributed by atoms with van der Waals surface area (Å²) in [4.78, 5) is 25.7. The van der Waals surface area contributed by atoms with Crippen LogP contribution in [0.15, 0.2) is 35.9 Å². The molecule has 22 heavy (non-hydrogen) atoms. The Labute approximate surface area is 136 Å². The maximum Gasteiger partial charge on any atom is 0.245 e. The molecular formula is C17H21ClN2O2. The van der Waals surface area contributed by atoms with Crippen LogP contribution in [0, 0.1) is 0 Å². The molecule has 0 bridgehead atoms. The van der Waals surface area contributed by atoms with E-state index in [9.17, 15) is 9.59 Å². The van der Waals surface area contributed by atoms with Crippen LogP contribution < -0.4 is 5.32 Å². The highest BCUT2D eigenvalue weighted by Crippen LogP contribution is 2.15. The van der Waals surface area contributed by atoms with Gasteiger partial charge in [0.1, 0.15) is 6.04 Å². The number of amides is 2. The fourth-order valence-corrected chi connectivity index (χ4v) is 2.48. The van der Waals surface area contributed by atoms with Crippen LogP contribution in [-0.4, -0.2) is 29.3 Å². The Hall–Kier alpha value is -1.81. The predicted octanol–water partition coefficient (Wildman–Crippen LogP) is 2.91. The molecule has 1 N–H and O–H groups in total. The molecule has 0 aromatic heterocycles. The fourth-order valence-electron chi connectivity index (χ4n) is 2.36. The highest BCUT2D eigenvalue weighted by molar-refractivity contribution is 6.30. The van der Waals surface area contributed by atoms with Crippen LogP contribution in [0.4, 0.5) is 0 Å². The number of carbonyl (C=O) groups is 2. The van der Waals surface area contributed by atoms with Crippen LogP contribution in [0.3, 0.4) is 0 Å². The lowest BCUT2D eigenvalue weighted by Gasteiger charge is -2.25. The third kappa shape index (κ3) is 4.60. The first-order chi connectivity index (χ1) is 10.5. The maximum atomic E-state index is 12.6. The highest BCUT2D eigenvalue weighted by Gasteiger charge is 2.30. The summed E-state index contributed by atoms with van der Waals surface area (Å²) in [5.74, 6) is -0.0784. The molecule has 1 aromatic carbocycles. The average molecular weight is 321 g/mol. The first-order valence-electron chi connectivity index (χ1n) is 7.41. The Morgan fingerprint density at radius 2 is 2.05 bits per heavy atom. The Morgan fingerprint density at radius 3 is 2.59 bits per heavy atom. The quantitative estimate of drug-likeness (QED) is 0.848.